The van der Waals surface area contributed by atoms with Crippen LogP contribution in [0.2, 0.25) is 0 Å². The maximum Gasteiger partial charge on any atom is 0.261 e. The van der Waals surface area contributed by atoms with E-state index in [1.807, 2.05) is 0 Å². The highest BCUT2D eigenvalue weighted by Crippen LogP contribution is 2.22. The Balaban J connectivity index is 1.94. The number of nitrogens with one attached hydrogen (secondary N) is 4. The second kappa shape index (κ2) is 9.18. The Morgan fingerprint density at radius 2 is 1.75 bits per heavy atom. The fourth-order valence-electron chi connectivity index (χ4n) is 2.95. The van der Waals surface area contributed by atoms with Crippen LogP contribution >= 0.6 is 0 Å². The van der Waals surface area contributed by atoms with Gasteiger partial charge in [0, 0.05) is 28.7 Å². The van der Waals surface area contributed by atoms with Crippen LogP contribution in [0.5, 0.6) is 0 Å². The first-order valence-corrected chi connectivity index (χ1v) is 11.1. The molecule has 2 amide bonds. The number of pyridine rings is 1. The van der Waals surface area contributed by atoms with Gasteiger partial charge in [-0.1, -0.05) is 0 Å². The normalized spacial score (nSPS) is 11.4. The van der Waals surface area contributed by atoms with Gasteiger partial charge in [-0.15, -0.1) is 0 Å². The number of carbonyl (C=O) groups excluding carboxylic acids is 2. The minimum absolute atomic E-state index is 0.0834. The molecule has 1 heterocycles. The highest BCUT2D eigenvalue weighted by atomic mass is 32.2. The van der Waals surface area contributed by atoms with E-state index in [0.717, 1.165) is 18.2 Å². The Hall–Kier alpha value is -3.73. The molecule has 0 atom stereocenters. The summed E-state index contributed by atoms with van der Waals surface area (Å²) < 4.78 is 40.9. The minimum Gasteiger partial charge on any atom is -0.352 e. The summed E-state index contributed by atoms with van der Waals surface area (Å²) in [7, 11) is -4.07. The van der Waals surface area contributed by atoms with E-state index in [-0.39, 0.29) is 39.6 Å². The first kappa shape index (κ1) is 22.9. The molecule has 0 saturated heterocycles. The van der Waals surface area contributed by atoms with Gasteiger partial charge < -0.3 is 15.6 Å². The summed E-state index contributed by atoms with van der Waals surface area (Å²) in [5.74, 6) is -1.63. The van der Waals surface area contributed by atoms with Crippen LogP contribution in [0.25, 0.3) is 10.9 Å². The Labute approximate surface area is 183 Å². The highest BCUT2D eigenvalue weighted by Gasteiger charge is 2.19. The van der Waals surface area contributed by atoms with E-state index in [0.29, 0.717) is 0 Å². The molecule has 0 saturated carbocycles. The fourth-order valence-corrected chi connectivity index (χ4v) is 4.03. The lowest BCUT2D eigenvalue weighted by atomic mass is 10.1. The predicted molar refractivity (Wildman–Crippen MR) is 117 cm³/mol. The van der Waals surface area contributed by atoms with Crippen molar-refractivity contribution in [3.63, 3.8) is 0 Å². The molecule has 0 aliphatic heterocycles. The number of aromatic amines is 1. The van der Waals surface area contributed by atoms with Crippen molar-refractivity contribution in [1.82, 2.24) is 15.6 Å². The van der Waals surface area contributed by atoms with Gasteiger partial charge in [0.15, 0.2) is 0 Å². The van der Waals surface area contributed by atoms with Gasteiger partial charge in [-0.3, -0.25) is 19.1 Å². The molecule has 0 radical (unpaired) electrons. The molecule has 11 heteroatoms. The topological polar surface area (TPSA) is 137 Å². The standard InChI is InChI=1S/C21H21FN4O5S/c1-12(2)24-20(28)11-23-21(29)17-10-19(27)25-18-8-7-15(9-16(17)18)32(30,31)26-14-5-3-13(22)4-6-14/h3-10,12,26H,11H2,1-2H3,(H,23,29)(H,24,28)(H,25,27). The molecule has 0 unspecified atom stereocenters. The molecule has 9 nitrogen and oxygen atoms in total. The SMILES string of the molecule is CC(C)NC(=O)CNC(=O)c1cc(=O)[nH]c2ccc(S(=O)(=O)Nc3ccc(F)cc3)cc12. The molecule has 3 rings (SSSR count). The van der Waals surface area contributed by atoms with Gasteiger partial charge in [0.1, 0.15) is 5.82 Å². The fraction of sp³-hybridized carbons (Fsp3) is 0.190. The molecule has 0 fully saturated rings. The van der Waals surface area contributed by atoms with Gasteiger partial charge in [-0.2, -0.15) is 0 Å². The van der Waals surface area contributed by atoms with E-state index in [1.54, 1.807) is 13.8 Å². The summed E-state index contributed by atoms with van der Waals surface area (Å²) in [5.41, 5.74) is -0.244. The second-order valence-corrected chi connectivity index (χ2v) is 8.95. The number of anilines is 1. The van der Waals surface area contributed by atoms with Crippen LogP contribution in [0, 0.1) is 5.82 Å². The Bertz CT molecular complexity index is 1330. The van der Waals surface area contributed by atoms with Gasteiger partial charge in [-0.25, -0.2) is 12.8 Å². The van der Waals surface area contributed by atoms with E-state index in [9.17, 15) is 27.2 Å². The third kappa shape index (κ3) is 5.49. The van der Waals surface area contributed by atoms with Gasteiger partial charge in [0.2, 0.25) is 11.5 Å². The average Bonchev–Trinajstić information content (AvgIpc) is 2.72. The third-order valence-corrected chi connectivity index (χ3v) is 5.70. The van der Waals surface area contributed by atoms with Crippen molar-refractivity contribution in [2.75, 3.05) is 11.3 Å². The zero-order chi connectivity index (χ0) is 23.5. The monoisotopic (exact) mass is 460 g/mol. The summed E-state index contributed by atoms with van der Waals surface area (Å²) in [4.78, 5) is 38.8. The number of hydrogen-bond donors (Lipinski definition) is 4. The minimum atomic E-state index is -4.07. The molecular weight excluding hydrogens is 439 g/mol. The quantitative estimate of drug-likeness (QED) is 0.426. The second-order valence-electron chi connectivity index (χ2n) is 7.27. The van der Waals surface area contributed by atoms with Gasteiger partial charge in [0.25, 0.3) is 15.9 Å². The van der Waals surface area contributed by atoms with Crippen molar-refractivity contribution in [2.45, 2.75) is 24.8 Å². The Kier molecular flexibility index (Phi) is 6.58. The predicted octanol–water partition coefficient (Wildman–Crippen LogP) is 1.72. The van der Waals surface area contributed by atoms with Crippen molar-refractivity contribution in [2.24, 2.45) is 0 Å². The highest BCUT2D eigenvalue weighted by molar-refractivity contribution is 7.92. The first-order chi connectivity index (χ1) is 15.0. The number of H-pyrrole nitrogens is 1. The number of fused-ring (bicyclic) bond motifs is 1. The zero-order valence-electron chi connectivity index (χ0n) is 17.2. The van der Waals surface area contributed by atoms with E-state index >= 15 is 0 Å². The van der Waals surface area contributed by atoms with E-state index in [2.05, 4.69) is 20.3 Å². The van der Waals surface area contributed by atoms with Crippen molar-refractivity contribution in [3.8, 4) is 0 Å². The summed E-state index contributed by atoms with van der Waals surface area (Å²) in [6.45, 7) is 3.23. The van der Waals surface area contributed by atoms with Crippen LogP contribution in [-0.2, 0) is 14.8 Å². The summed E-state index contributed by atoms with van der Waals surface area (Å²) >= 11 is 0. The van der Waals surface area contributed by atoms with Gasteiger partial charge in [0.05, 0.1) is 17.0 Å². The largest absolute Gasteiger partial charge is 0.352 e. The first-order valence-electron chi connectivity index (χ1n) is 9.58. The Morgan fingerprint density at radius 1 is 1.06 bits per heavy atom. The van der Waals surface area contributed by atoms with Crippen molar-refractivity contribution >= 4 is 38.4 Å². The molecule has 0 aliphatic rings. The molecule has 4 N–H and O–H groups in total. The number of benzene rings is 2. The molecule has 168 valence electrons. The lowest BCUT2D eigenvalue weighted by Crippen LogP contribution is -2.40. The van der Waals surface area contributed by atoms with E-state index in [1.165, 1.54) is 30.3 Å². The molecule has 32 heavy (non-hydrogen) atoms. The van der Waals surface area contributed by atoms with Crippen LogP contribution < -0.4 is 20.9 Å². The van der Waals surface area contributed by atoms with E-state index in [4.69, 9.17) is 0 Å². The number of hydrogen-bond acceptors (Lipinski definition) is 5. The van der Waals surface area contributed by atoms with Crippen LogP contribution in [0.1, 0.15) is 24.2 Å². The van der Waals surface area contributed by atoms with Gasteiger partial charge >= 0.3 is 0 Å². The van der Waals surface area contributed by atoms with Crippen molar-refractivity contribution in [3.05, 3.63) is 70.3 Å². The molecule has 0 bridgehead atoms. The van der Waals surface area contributed by atoms with Crippen LogP contribution in [-0.4, -0.2) is 37.8 Å². The molecular formula is C21H21FN4O5S. The molecule has 0 spiro atoms. The number of halogens is 1. The van der Waals surface area contributed by atoms with Crippen LogP contribution in [0.15, 0.2) is 58.2 Å². The maximum atomic E-state index is 13.1. The lowest BCUT2D eigenvalue weighted by Gasteiger charge is -2.12. The molecule has 0 aliphatic carbocycles. The Morgan fingerprint density at radius 3 is 2.41 bits per heavy atom. The molecule has 3 aromatic rings. The van der Waals surface area contributed by atoms with Crippen molar-refractivity contribution in [1.29, 1.82) is 0 Å². The molecule has 1 aromatic heterocycles. The smallest absolute Gasteiger partial charge is 0.261 e. The average molecular weight is 460 g/mol. The summed E-state index contributed by atoms with van der Waals surface area (Å²) in [5, 5.41) is 5.22. The van der Waals surface area contributed by atoms with Crippen LogP contribution in [0.3, 0.4) is 0 Å². The number of aromatic nitrogens is 1. The number of rotatable bonds is 7. The van der Waals surface area contributed by atoms with Crippen molar-refractivity contribution < 1.29 is 22.4 Å². The summed E-state index contributed by atoms with van der Waals surface area (Å²) in [6.07, 6.45) is 0. The maximum absolute atomic E-state index is 13.1. The zero-order valence-corrected chi connectivity index (χ0v) is 18.0. The number of amides is 2. The van der Waals surface area contributed by atoms with E-state index < -0.39 is 33.2 Å². The lowest BCUT2D eigenvalue weighted by molar-refractivity contribution is -0.120. The van der Waals surface area contributed by atoms with Crippen LogP contribution in [0.4, 0.5) is 10.1 Å². The summed E-state index contributed by atoms with van der Waals surface area (Å²) in [6, 6.07) is 9.55. The molecule has 2 aromatic carbocycles. The number of sulfonamides is 1. The van der Waals surface area contributed by atoms with Gasteiger partial charge in [-0.05, 0) is 56.3 Å². The third-order valence-electron chi connectivity index (χ3n) is 4.33. The number of carbonyl (C=O) groups is 2.